The maximum absolute atomic E-state index is 13.7. The number of benzene rings is 1. The highest BCUT2D eigenvalue weighted by Crippen LogP contribution is 2.27. The number of hydrogen-bond donors (Lipinski definition) is 1. The molecule has 0 spiro atoms. The Morgan fingerprint density at radius 3 is 2.75 bits per heavy atom. The van der Waals surface area contributed by atoms with Gasteiger partial charge in [0.25, 0.3) is 0 Å². The number of rotatable bonds is 3. The van der Waals surface area contributed by atoms with Crippen molar-refractivity contribution in [3.8, 4) is 0 Å². The van der Waals surface area contributed by atoms with Gasteiger partial charge in [0.2, 0.25) is 10.0 Å². The molecule has 0 radical (unpaired) electrons. The third-order valence-corrected chi connectivity index (χ3v) is 5.05. The van der Waals surface area contributed by atoms with Crippen molar-refractivity contribution >= 4 is 21.6 Å². The summed E-state index contributed by atoms with van der Waals surface area (Å²) in [5.41, 5.74) is 0. The van der Waals surface area contributed by atoms with Crippen LogP contribution in [-0.2, 0) is 14.8 Å². The molecule has 1 unspecified atom stereocenters. The van der Waals surface area contributed by atoms with E-state index in [2.05, 4.69) is 4.72 Å². The predicted molar refractivity (Wildman–Crippen MR) is 70.1 cm³/mol. The minimum absolute atomic E-state index is 0.346. The molecule has 1 saturated heterocycles. The van der Waals surface area contributed by atoms with Crippen LogP contribution in [0.25, 0.3) is 0 Å². The van der Waals surface area contributed by atoms with Crippen LogP contribution in [0.4, 0.5) is 8.78 Å². The zero-order chi connectivity index (χ0) is 14.8. The lowest BCUT2D eigenvalue weighted by atomic mass is 10.1. The zero-order valence-electron chi connectivity index (χ0n) is 10.5. The first kappa shape index (κ1) is 15.6. The van der Waals surface area contributed by atoms with Crippen LogP contribution in [0, 0.1) is 11.6 Å². The molecule has 0 saturated carbocycles. The fourth-order valence-corrected chi connectivity index (χ4v) is 3.96. The molecule has 2 rings (SSSR count). The van der Waals surface area contributed by atoms with E-state index in [0.29, 0.717) is 32.5 Å². The SMILES string of the molecule is O=S(=O)(NC1CCCOCC1)c1c(Cl)ccc(F)c1F. The average molecular weight is 326 g/mol. The van der Waals surface area contributed by atoms with E-state index in [1.807, 2.05) is 0 Å². The topological polar surface area (TPSA) is 55.4 Å². The van der Waals surface area contributed by atoms with Gasteiger partial charge < -0.3 is 4.74 Å². The summed E-state index contributed by atoms with van der Waals surface area (Å²) in [7, 11) is -4.21. The smallest absolute Gasteiger partial charge is 0.245 e. The molecule has 0 amide bonds. The van der Waals surface area contributed by atoms with E-state index < -0.39 is 26.6 Å². The van der Waals surface area contributed by atoms with Crippen LogP contribution in [0.1, 0.15) is 19.3 Å². The monoisotopic (exact) mass is 325 g/mol. The van der Waals surface area contributed by atoms with E-state index in [1.54, 1.807) is 0 Å². The van der Waals surface area contributed by atoms with E-state index in [-0.39, 0.29) is 11.1 Å². The Balaban J connectivity index is 2.28. The van der Waals surface area contributed by atoms with Crippen molar-refractivity contribution in [2.24, 2.45) is 0 Å². The average Bonchev–Trinajstić information content (AvgIpc) is 2.62. The Morgan fingerprint density at radius 1 is 1.25 bits per heavy atom. The van der Waals surface area contributed by atoms with E-state index in [1.165, 1.54) is 0 Å². The largest absolute Gasteiger partial charge is 0.381 e. The second kappa shape index (κ2) is 6.34. The molecule has 0 bridgehead atoms. The molecule has 20 heavy (non-hydrogen) atoms. The summed E-state index contributed by atoms with van der Waals surface area (Å²) in [4.78, 5) is -0.843. The van der Waals surface area contributed by atoms with Gasteiger partial charge in [-0.3, -0.25) is 0 Å². The van der Waals surface area contributed by atoms with Crippen LogP contribution >= 0.6 is 11.6 Å². The summed E-state index contributed by atoms with van der Waals surface area (Å²) in [6.07, 6.45) is 1.76. The fraction of sp³-hybridized carbons (Fsp3) is 0.500. The van der Waals surface area contributed by atoms with E-state index in [9.17, 15) is 17.2 Å². The van der Waals surface area contributed by atoms with Gasteiger partial charge in [-0.25, -0.2) is 21.9 Å². The molecular formula is C12H14ClF2NO3S. The fourth-order valence-electron chi connectivity index (χ4n) is 2.05. The minimum Gasteiger partial charge on any atom is -0.381 e. The Bertz CT molecular complexity index is 587. The number of ether oxygens (including phenoxy) is 1. The standard InChI is InChI=1S/C12H14ClF2NO3S/c13-9-3-4-10(14)11(15)12(9)20(17,18)16-8-2-1-6-19-7-5-8/h3-4,8,16H,1-2,5-7H2. The molecule has 1 fully saturated rings. The van der Waals surface area contributed by atoms with Crippen LogP contribution < -0.4 is 4.72 Å². The van der Waals surface area contributed by atoms with Crippen molar-refractivity contribution in [3.05, 3.63) is 28.8 Å². The molecule has 1 heterocycles. The van der Waals surface area contributed by atoms with Crippen molar-refractivity contribution in [1.29, 1.82) is 0 Å². The van der Waals surface area contributed by atoms with Crippen LogP contribution in [0.2, 0.25) is 5.02 Å². The van der Waals surface area contributed by atoms with Crippen LogP contribution in [0.15, 0.2) is 17.0 Å². The Kier molecular flexibility index (Phi) is 4.95. The van der Waals surface area contributed by atoms with E-state index in [0.717, 1.165) is 12.1 Å². The quantitative estimate of drug-likeness (QED) is 0.869. The molecule has 4 nitrogen and oxygen atoms in total. The molecule has 1 aromatic rings. The molecule has 112 valence electrons. The van der Waals surface area contributed by atoms with Crippen molar-refractivity contribution in [2.75, 3.05) is 13.2 Å². The van der Waals surface area contributed by atoms with Crippen LogP contribution in [0.3, 0.4) is 0 Å². The number of halogens is 3. The lowest BCUT2D eigenvalue weighted by molar-refractivity contribution is 0.143. The third-order valence-electron chi connectivity index (χ3n) is 3.04. The first-order chi connectivity index (χ1) is 9.42. The summed E-state index contributed by atoms with van der Waals surface area (Å²) < 4.78 is 58.8. The molecule has 1 aliphatic heterocycles. The summed E-state index contributed by atoms with van der Waals surface area (Å²) in [6, 6.07) is 1.43. The summed E-state index contributed by atoms with van der Waals surface area (Å²) in [6.45, 7) is 0.986. The van der Waals surface area contributed by atoms with Crippen molar-refractivity contribution < 1.29 is 21.9 Å². The Labute approximate surface area is 121 Å². The van der Waals surface area contributed by atoms with Crippen molar-refractivity contribution in [1.82, 2.24) is 4.72 Å². The van der Waals surface area contributed by atoms with Gasteiger partial charge in [-0.2, -0.15) is 0 Å². The van der Waals surface area contributed by atoms with Crippen LogP contribution in [-0.4, -0.2) is 27.7 Å². The maximum atomic E-state index is 13.7. The van der Waals surface area contributed by atoms with Crippen molar-refractivity contribution in [2.45, 2.75) is 30.2 Å². The van der Waals surface area contributed by atoms with Crippen LogP contribution in [0.5, 0.6) is 0 Å². The van der Waals surface area contributed by atoms with Gasteiger partial charge in [-0.15, -0.1) is 0 Å². The second-order valence-electron chi connectivity index (χ2n) is 4.53. The normalized spacial score (nSPS) is 20.6. The molecule has 1 aliphatic rings. The van der Waals surface area contributed by atoms with Gasteiger partial charge in [0.05, 0.1) is 5.02 Å². The molecule has 1 aromatic carbocycles. The van der Waals surface area contributed by atoms with E-state index >= 15 is 0 Å². The Hall–Kier alpha value is -0.760. The summed E-state index contributed by atoms with van der Waals surface area (Å²) in [5.74, 6) is -2.71. The maximum Gasteiger partial charge on any atom is 0.245 e. The highest BCUT2D eigenvalue weighted by atomic mass is 35.5. The number of sulfonamides is 1. The lowest BCUT2D eigenvalue weighted by Gasteiger charge is -2.17. The van der Waals surface area contributed by atoms with Gasteiger partial charge in [0.1, 0.15) is 4.90 Å². The molecule has 0 aromatic heterocycles. The molecule has 1 atom stereocenters. The third kappa shape index (κ3) is 3.46. The highest BCUT2D eigenvalue weighted by Gasteiger charge is 2.28. The van der Waals surface area contributed by atoms with Gasteiger partial charge in [0, 0.05) is 19.3 Å². The molecule has 8 heteroatoms. The summed E-state index contributed by atoms with van der Waals surface area (Å²) in [5, 5.41) is -0.346. The molecular weight excluding hydrogens is 312 g/mol. The first-order valence-corrected chi connectivity index (χ1v) is 8.01. The van der Waals surface area contributed by atoms with Gasteiger partial charge in [-0.05, 0) is 31.4 Å². The summed E-state index contributed by atoms with van der Waals surface area (Å²) >= 11 is 5.69. The lowest BCUT2D eigenvalue weighted by Crippen LogP contribution is -2.35. The predicted octanol–water partition coefficient (Wildman–Crippen LogP) is 2.47. The molecule has 1 N–H and O–H groups in total. The van der Waals surface area contributed by atoms with Crippen molar-refractivity contribution in [3.63, 3.8) is 0 Å². The highest BCUT2D eigenvalue weighted by molar-refractivity contribution is 7.89. The molecule has 0 aliphatic carbocycles. The van der Waals surface area contributed by atoms with Gasteiger partial charge >= 0.3 is 0 Å². The van der Waals surface area contributed by atoms with Gasteiger partial charge in [0.15, 0.2) is 11.6 Å². The second-order valence-corrected chi connectivity index (χ2v) is 6.59. The number of hydrogen-bond acceptors (Lipinski definition) is 3. The Morgan fingerprint density at radius 2 is 2.00 bits per heavy atom. The number of nitrogens with one attached hydrogen (secondary N) is 1. The van der Waals surface area contributed by atoms with Gasteiger partial charge in [-0.1, -0.05) is 11.6 Å². The van der Waals surface area contributed by atoms with E-state index in [4.69, 9.17) is 16.3 Å². The minimum atomic E-state index is -4.21. The zero-order valence-corrected chi connectivity index (χ0v) is 12.1. The first-order valence-electron chi connectivity index (χ1n) is 6.15.